The molecule has 1 aliphatic heterocycles. The van der Waals surface area contributed by atoms with E-state index in [-0.39, 0.29) is 4.90 Å². The van der Waals surface area contributed by atoms with Crippen LogP contribution in [0.15, 0.2) is 32.6 Å². The van der Waals surface area contributed by atoms with Gasteiger partial charge in [-0.2, -0.15) is 8.68 Å². The average molecular weight is 371 g/mol. The molecular formula is C14H18N4O2S3. The molecule has 0 aromatic carbocycles. The van der Waals surface area contributed by atoms with Crippen LogP contribution in [0.25, 0.3) is 0 Å². The third kappa shape index (κ3) is 3.73. The van der Waals surface area contributed by atoms with E-state index >= 15 is 0 Å². The lowest BCUT2D eigenvalue weighted by atomic mass is 10.2. The molecule has 124 valence electrons. The standard InChI is InChI=1S/C14H18N4O2S3/c1-10(2)13-16-14(22-17-13)21-12-6-5-11(9-15-12)23(19,20)18-7-3-4-8-18/h5-6,9-10H,3-4,7-8H2,1-2H3. The number of rotatable bonds is 5. The van der Waals surface area contributed by atoms with E-state index in [1.165, 1.54) is 33.8 Å². The second kappa shape index (κ2) is 6.84. The maximum atomic E-state index is 12.4. The zero-order valence-electron chi connectivity index (χ0n) is 13.0. The summed E-state index contributed by atoms with van der Waals surface area (Å²) in [5.41, 5.74) is 0. The summed E-state index contributed by atoms with van der Waals surface area (Å²) in [5.74, 6) is 1.12. The van der Waals surface area contributed by atoms with Gasteiger partial charge in [0.05, 0.1) is 0 Å². The first-order valence-corrected chi connectivity index (χ1v) is 10.5. The van der Waals surface area contributed by atoms with Crippen LogP contribution in [0.5, 0.6) is 0 Å². The molecule has 0 bridgehead atoms. The Morgan fingerprint density at radius 1 is 1.26 bits per heavy atom. The molecule has 1 saturated heterocycles. The molecule has 0 radical (unpaired) electrons. The van der Waals surface area contributed by atoms with Gasteiger partial charge in [0.2, 0.25) is 10.0 Å². The molecule has 0 atom stereocenters. The minimum Gasteiger partial charge on any atom is -0.248 e. The summed E-state index contributed by atoms with van der Waals surface area (Å²) < 4.78 is 31.5. The average Bonchev–Trinajstić information content (AvgIpc) is 3.19. The predicted molar refractivity (Wildman–Crippen MR) is 90.4 cm³/mol. The molecule has 3 heterocycles. The monoisotopic (exact) mass is 370 g/mol. The molecule has 0 N–H and O–H groups in total. The van der Waals surface area contributed by atoms with Crippen molar-refractivity contribution in [3.8, 4) is 0 Å². The number of sulfonamides is 1. The third-order valence-corrected chi connectivity index (χ3v) is 7.14. The fourth-order valence-corrected chi connectivity index (χ4v) is 5.34. The summed E-state index contributed by atoms with van der Waals surface area (Å²) in [6, 6.07) is 3.34. The van der Waals surface area contributed by atoms with Crippen LogP contribution in [0.3, 0.4) is 0 Å². The van der Waals surface area contributed by atoms with Crippen LogP contribution in [0.2, 0.25) is 0 Å². The fraction of sp³-hybridized carbons (Fsp3) is 0.500. The second-order valence-electron chi connectivity index (χ2n) is 5.62. The maximum absolute atomic E-state index is 12.4. The lowest BCUT2D eigenvalue weighted by Crippen LogP contribution is -2.27. The van der Waals surface area contributed by atoms with Crippen LogP contribution >= 0.6 is 23.3 Å². The van der Waals surface area contributed by atoms with Gasteiger partial charge in [0, 0.05) is 25.2 Å². The number of aromatic nitrogens is 3. The van der Waals surface area contributed by atoms with Gasteiger partial charge >= 0.3 is 0 Å². The van der Waals surface area contributed by atoms with Gasteiger partial charge in [-0.1, -0.05) is 13.8 Å². The van der Waals surface area contributed by atoms with Crippen molar-refractivity contribution in [3.63, 3.8) is 0 Å². The van der Waals surface area contributed by atoms with E-state index in [9.17, 15) is 8.42 Å². The van der Waals surface area contributed by atoms with Gasteiger partial charge in [0.25, 0.3) is 0 Å². The molecule has 0 aliphatic carbocycles. The molecule has 0 unspecified atom stereocenters. The summed E-state index contributed by atoms with van der Waals surface area (Å²) >= 11 is 2.74. The van der Waals surface area contributed by atoms with Crippen molar-refractivity contribution in [3.05, 3.63) is 24.2 Å². The molecule has 3 rings (SSSR count). The van der Waals surface area contributed by atoms with E-state index in [0.29, 0.717) is 19.0 Å². The summed E-state index contributed by atoms with van der Waals surface area (Å²) in [7, 11) is -3.40. The van der Waals surface area contributed by atoms with E-state index in [2.05, 4.69) is 14.3 Å². The van der Waals surface area contributed by atoms with E-state index in [4.69, 9.17) is 0 Å². The number of pyridine rings is 1. The van der Waals surface area contributed by atoms with Crippen LogP contribution in [-0.2, 0) is 10.0 Å². The van der Waals surface area contributed by atoms with E-state index < -0.39 is 10.0 Å². The van der Waals surface area contributed by atoms with Crippen LogP contribution in [-0.4, -0.2) is 40.2 Å². The minimum absolute atomic E-state index is 0.254. The highest BCUT2D eigenvalue weighted by Gasteiger charge is 2.27. The highest BCUT2D eigenvalue weighted by atomic mass is 32.2. The minimum atomic E-state index is -3.40. The van der Waals surface area contributed by atoms with Crippen molar-refractivity contribution in [1.82, 2.24) is 18.6 Å². The van der Waals surface area contributed by atoms with Crippen molar-refractivity contribution in [2.45, 2.75) is 46.9 Å². The van der Waals surface area contributed by atoms with Crippen LogP contribution in [0.1, 0.15) is 38.4 Å². The zero-order valence-corrected chi connectivity index (χ0v) is 15.4. The predicted octanol–water partition coefficient (Wildman–Crippen LogP) is 2.99. The first-order chi connectivity index (χ1) is 11.0. The van der Waals surface area contributed by atoms with E-state index in [1.807, 2.05) is 13.8 Å². The summed E-state index contributed by atoms with van der Waals surface area (Å²) in [5, 5.41) is 0.719. The van der Waals surface area contributed by atoms with Crippen molar-refractivity contribution in [2.24, 2.45) is 0 Å². The molecule has 1 fully saturated rings. The van der Waals surface area contributed by atoms with Crippen LogP contribution in [0, 0.1) is 0 Å². The Labute approximate surface area is 144 Å². The smallest absolute Gasteiger partial charge is 0.244 e. The highest BCUT2D eigenvalue weighted by Crippen LogP contribution is 2.30. The molecule has 2 aromatic rings. The van der Waals surface area contributed by atoms with Gasteiger partial charge in [-0.15, -0.1) is 0 Å². The van der Waals surface area contributed by atoms with Gasteiger partial charge < -0.3 is 0 Å². The van der Waals surface area contributed by atoms with Crippen molar-refractivity contribution >= 4 is 33.3 Å². The Bertz CT molecular complexity index is 766. The molecule has 0 saturated carbocycles. The number of hydrogen-bond donors (Lipinski definition) is 0. The topological polar surface area (TPSA) is 76.1 Å². The van der Waals surface area contributed by atoms with Gasteiger partial charge in [-0.05, 0) is 48.3 Å². The van der Waals surface area contributed by atoms with Gasteiger partial charge in [-0.25, -0.2) is 18.4 Å². The first kappa shape index (κ1) is 16.8. The Balaban J connectivity index is 1.73. The quantitative estimate of drug-likeness (QED) is 0.805. The Morgan fingerprint density at radius 3 is 2.57 bits per heavy atom. The summed E-state index contributed by atoms with van der Waals surface area (Å²) in [6.45, 7) is 5.29. The van der Waals surface area contributed by atoms with Gasteiger partial charge in [-0.3, -0.25) is 0 Å². The van der Waals surface area contributed by atoms with E-state index in [0.717, 1.165) is 28.0 Å². The molecule has 6 nitrogen and oxygen atoms in total. The molecule has 0 amide bonds. The molecule has 23 heavy (non-hydrogen) atoms. The normalized spacial score (nSPS) is 16.3. The lowest BCUT2D eigenvalue weighted by Gasteiger charge is -2.15. The fourth-order valence-electron chi connectivity index (χ4n) is 2.24. The van der Waals surface area contributed by atoms with Gasteiger partial charge in [0.15, 0.2) is 4.34 Å². The zero-order chi connectivity index (χ0) is 16.4. The lowest BCUT2D eigenvalue weighted by molar-refractivity contribution is 0.477. The Kier molecular flexibility index (Phi) is 5.00. The maximum Gasteiger partial charge on any atom is 0.244 e. The number of hydrogen-bond acceptors (Lipinski definition) is 7. The summed E-state index contributed by atoms with van der Waals surface area (Å²) in [4.78, 5) is 8.96. The van der Waals surface area contributed by atoms with Gasteiger partial charge in [0.1, 0.15) is 15.7 Å². The van der Waals surface area contributed by atoms with Crippen LogP contribution in [0.4, 0.5) is 0 Å². The first-order valence-electron chi connectivity index (χ1n) is 7.44. The molecule has 2 aromatic heterocycles. The highest BCUT2D eigenvalue weighted by molar-refractivity contribution is 8.00. The second-order valence-corrected chi connectivity index (χ2v) is 9.58. The molecule has 9 heteroatoms. The third-order valence-electron chi connectivity index (χ3n) is 3.54. The van der Waals surface area contributed by atoms with E-state index in [1.54, 1.807) is 12.1 Å². The van der Waals surface area contributed by atoms with Crippen LogP contribution < -0.4 is 0 Å². The van der Waals surface area contributed by atoms with Crippen molar-refractivity contribution < 1.29 is 8.42 Å². The SMILES string of the molecule is CC(C)c1nsc(Sc2ccc(S(=O)(=O)N3CCCC3)cn2)n1. The summed E-state index contributed by atoms with van der Waals surface area (Å²) in [6.07, 6.45) is 3.28. The molecular weight excluding hydrogens is 352 g/mol. The van der Waals surface area contributed by atoms with Crippen molar-refractivity contribution in [1.29, 1.82) is 0 Å². The molecule has 0 spiro atoms. The molecule has 1 aliphatic rings. The Hall–Kier alpha value is -1.03. The Morgan fingerprint density at radius 2 is 2.00 bits per heavy atom. The largest absolute Gasteiger partial charge is 0.248 e. The van der Waals surface area contributed by atoms with Crippen molar-refractivity contribution in [2.75, 3.05) is 13.1 Å². The number of nitrogens with zero attached hydrogens (tertiary/aromatic N) is 4.